The van der Waals surface area contributed by atoms with Crippen LogP contribution in [0, 0.1) is 0 Å². The molecule has 0 bridgehead atoms. The van der Waals surface area contributed by atoms with Gasteiger partial charge in [0, 0.05) is 0 Å². The molecule has 0 atom stereocenters. The van der Waals surface area contributed by atoms with Gasteiger partial charge in [-0.05, 0) is 0 Å². The van der Waals surface area contributed by atoms with Crippen LogP contribution in [-0.2, 0) is 5.48 Å². The molecule has 4 heteroatoms. The predicted molar refractivity (Wildman–Crippen MR) is 6.44 cm³/mol. The summed E-state index contributed by atoms with van der Waals surface area (Å²) in [5, 5.41) is 0. The Labute approximate surface area is 83.5 Å². The van der Waals surface area contributed by atoms with Gasteiger partial charge in [-0.1, -0.05) is 0 Å². The Morgan fingerprint density at radius 3 is 1.00 bits per heavy atom. The molecule has 0 heterocycles. The molecule has 0 rings (SSSR count). The average molecular weight is 115 g/mol. The van der Waals surface area contributed by atoms with E-state index in [1.807, 2.05) is 0 Å². The molecule has 0 radical (unpaired) electrons. The minimum atomic E-state index is 0. The van der Waals surface area contributed by atoms with Gasteiger partial charge in [0.05, 0.1) is 0 Å². The smallest absolute Gasteiger partial charge is 2.00 e. The SMILES string of the molecule is [Ca+2].[Cl-].[Na+].[O-2]. The molecule has 0 aromatic heterocycles. The third-order valence-corrected chi connectivity index (χ3v) is 0. The van der Waals surface area contributed by atoms with Crippen molar-refractivity contribution in [3.63, 3.8) is 0 Å². The Morgan fingerprint density at radius 1 is 1.00 bits per heavy atom. The van der Waals surface area contributed by atoms with Crippen LogP contribution >= 0.6 is 0 Å². The van der Waals surface area contributed by atoms with Crippen molar-refractivity contribution in [3.8, 4) is 0 Å². The minimum Gasteiger partial charge on any atom is -2.00 e. The van der Waals surface area contributed by atoms with Gasteiger partial charge in [0.15, 0.2) is 0 Å². The molecule has 0 saturated heterocycles. The maximum Gasteiger partial charge on any atom is 2.00 e. The molecule has 4 heavy (non-hydrogen) atoms. The molecule has 16 valence electrons. The topological polar surface area (TPSA) is 28.5 Å². The second-order valence-electron chi connectivity index (χ2n) is 0. The van der Waals surface area contributed by atoms with Gasteiger partial charge in [-0.25, -0.2) is 0 Å². The first-order valence-corrected chi connectivity index (χ1v) is 0. The van der Waals surface area contributed by atoms with Crippen molar-refractivity contribution in [2.45, 2.75) is 0 Å². The van der Waals surface area contributed by atoms with Gasteiger partial charge in [0.1, 0.15) is 0 Å². The van der Waals surface area contributed by atoms with Crippen LogP contribution in [0.15, 0.2) is 0 Å². The minimum absolute atomic E-state index is 0. The Kier molecular flexibility index (Phi) is 140. The molecule has 0 aromatic carbocycles. The van der Waals surface area contributed by atoms with Crippen LogP contribution in [0.5, 0.6) is 0 Å². The molecular weight excluding hydrogens is 115 g/mol. The maximum atomic E-state index is 0. The van der Waals surface area contributed by atoms with E-state index in [9.17, 15) is 0 Å². The van der Waals surface area contributed by atoms with E-state index < -0.39 is 0 Å². The largest absolute Gasteiger partial charge is 2.00 e. The fourth-order valence-electron chi connectivity index (χ4n) is 0. The van der Waals surface area contributed by atoms with E-state index in [-0.39, 0.29) is 85.2 Å². The summed E-state index contributed by atoms with van der Waals surface area (Å²) >= 11 is 0. The maximum absolute atomic E-state index is 0. The third kappa shape index (κ3) is 8.82. The van der Waals surface area contributed by atoms with Crippen molar-refractivity contribution in [2.75, 3.05) is 0 Å². The zero-order chi connectivity index (χ0) is 0. The van der Waals surface area contributed by atoms with Crippen molar-refractivity contribution < 1.29 is 47.4 Å². The third-order valence-electron chi connectivity index (χ3n) is 0. The number of halogens is 1. The van der Waals surface area contributed by atoms with Gasteiger partial charge in [0.2, 0.25) is 0 Å². The molecular formula is CaClNaO. The number of rotatable bonds is 0. The Bertz CT molecular complexity index is 8.00. The van der Waals surface area contributed by atoms with Gasteiger partial charge in [-0.15, -0.1) is 0 Å². The van der Waals surface area contributed by atoms with Gasteiger partial charge < -0.3 is 17.9 Å². The summed E-state index contributed by atoms with van der Waals surface area (Å²) in [7, 11) is 0. The first-order chi connectivity index (χ1) is 0. The second-order valence-corrected chi connectivity index (χ2v) is 0. The van der Waals surface area contributed by atoms with Crippen molar-refractivity contribution in [1.29, 1.82) is 0 Å². The molecule has 1 nitrogen and oxygen atoms in total. The van der Waals surface area contributed by atoms with Gasteiger partial charge in [0.25, 0.3) is 0 Å². The fraction of sp³-hybridized carbons (Fsp3) is 0. The molecule has 0 aliphatic carbocycles. The van der Waals surface area contributed by atoms with Crippen LogP contribution in [0.2, 0.25) is 0 Å². The number of hydrogen-bond acceptors (Lipinski definition) is 0. The van der Waals surface area contributed by atoms with Gasteiger partial charge in [-0.3, -0.25) is 0 Å². The van der Waals surface area contributed by atoms with Crippen molar-refractivity contribution in [2.24, 2.45) is 0 Å². The quantitative estimate of drug-likeness (QED) is 0.280. The van der Waals surface area contributed by atoms with E-state index in [2.05, 4.69) is 0 Å². The Balaban J connectivity index is 0. The summed E-state index contributed by atoms with van der Waals surface area (Å²) in [5.74, 6) is 0. The molecule has 0 amide bonds. The molecule has 0 aliphatic rings. The normalized spacial score (nSPS) is 0. The van der Waals surface area contributed by atoms with E-state index in [1.54, 1.807) is 0 Å². The number of hydrogen-bond donors (Lipinski definition) is 0. The van der Waals surface area contributed by atoms with Gasteiger partial charge >= 0.3 is 67.3 Å². The molecule has 0 N–H and O–H groups in total. The van der Waals surface area contributed by atoms with Crippen LogP contribution in [0.4, 0.5) is 0 Å². The van der Waals surface area contributed by atoms with E-state index >= 15 is 0 Å². The van der Waals surface area contributed by atoms with Crippen LogP contribution in [0.25, 0.3) is 0 Å². The zero-order valence-electron chi connectivity index (χ0n) is 2.49. The van der Waals surface area contributed by atoms with Crippen LogP contribution in [0.3, 0.4) is 0 Å². The van der Waals surface area contributed by atoms with Crippen LogP contribution in [-0.4, -0.2) is 37.7 Å². The predicted octanol–water partition coefficient (Wildman–Crippen LogP) is -6.49. The molecule has 0 spiro atoms. The summed E-state index contributed by atoms with van der Waals surface area (Å²) < 4.78 is 0. The zero-order valence-corrected chi connectivity index (χ0v) is 7.46. The van der Waals surface area contributed by atoms with Crippen molar-refractivity contribution in [3.05, 3.63) is 0 Å². The standard InChI is InChI=1S/Ca.ClH.Na.O/h;1H;;/q+2;;+1;-2/p-1. The van der Waals surface area contributed by atoms with E-state index in [0.717, 1.165) is 0 Å². The fourth-order valence-corrected chi connectivity index (χ4v) is 0. The summed E-state index contributed by atoms with van der Waals surface area (Å²) in [4.78, 5) is 0. The summed E-state index contributed by atoms with van der Waals surface area (Å²) in [6, 6.07) is 0. The Hall–Kier alpha value is 2.51. The summed E-state index contributed by atoms with van der Waals surface area (Å²) in [5.41, 5.74) is 0. The molecule has 0 saturated carbocycles. The molecule has 0 unspecified atom stereocenters. The summed E-state index contributed by atoms with van der Waals surface area (Å²) in [6.07, 6.45) is 0. The molecule has 0 aromatic rings. The Morgan fingerprint density at radius 2 is 1.00 bits per heavy atom. The van der Waals surface area contributed by atoms with E-state index in [0.29, 0.717) is 0 Å². The average Bonchev–Trinajstić information content (AvgIpc) is 0. The van der Waals surface area contributed by atoms with Gasteiger partial charge in [-0.2, -0.15) is 0 Å². The molecule has 0 aliphatic heterocycles. The van der Waals surface area contributed by atoms with E-state index in [4.69, 9.17) is 0 Å². The van der Waals surface area contributed by atoms with Crippen molar-refractivity contribution >= 4 is 37.7 Å². The van der Waals surface area contributed by atoms with Crippen LogP contribution < -0.4 is 42.0 Å². The van der Waals surface area contributed by atoms with Crippen molar-refractivity contribution in [1.82, 2.24) is 0 Å². The molecule has 0 fully saturated rings. The van der Waals surface area contributed by atoms with Crippen LogP contribution in [0.1, 0.15) is 0 Å². The first kappa shape index (κ1) is 31.4. The second kappa shape index (κ2) is 17.8. The van der Waals surface area contributed by atoms with E-state index in [1.165, 1.54) is 0 Å². The first-order valence-electron chi connectivity index (χ1n) is 0. The summed E-state index contributed by atoms with van der Waals surface area (Å²) in [6.45, 7) is 0. The monoisotopic (exact) mass is 114 g/mol.